The van der Waals surface area contributed by atoms with Gasteiger partial charge in [-0.05, 0) is 6.42 Å². The van der Waals surface area contributed by atoms with Crippen molar-refractivity contribution in [3.05, 3.63) is 0 Å². The molecule has 22 heavy (non-hydrogen) atoms. The van der Waals surface area contributed by atoms with Gasteiger partial charge in [0.1, 0.15) is 6.29 Å². The molecule has 0 aromatic carbocycles. The smallest absolute Gasteiger partial charge is 0.119 e. The zero-order valence-electron chi connectivity index (χ0n) is 15.4. The summed E-state index contributed by atoms with van der Waals surface area (Å²) in [5, 5.41) is 0. The standard InChI is InChI=1S/C21H42O/c1-2-3-4-5-6-7-8-9-10-11-12-13-14-15-16-17-18-19-20-21-22/h21H,2-20H2,1H3. The number of rotatable bonds is 19. The molecular formula is C21H42O. The number of carbonyl (C=O) groups excluding carboxylic acids is 1. The van der Waals surface area contributed by atoms with E-state index in [9.17, 15) is 4.79 Å². The van der Waals surface area contributed by atoms with Gasteiger partial charge in [0.2, 0.25) is 0 Å². The molecule has 0 saturated heterocycles. The Morgan fingerprint density at radius 3 is 1.00 bits per heavy atom. The molecule has 0 N–H and O–H groups in total. The first-order valence-electron chi connectivity index (χ1n) is 10.4. The van der Waals surface area contributed by atoms with Crippen LogP contribution in [0.3, 0.4) is 0 Å². The van der Waals surface area contributed by atoms with Crippen LogP contribution in [0.25, 0.3) is 0 Å². The molecule has 0 aromatic rings. The molecule has 0 rings (SSSR count). The molecule has 0 amide bonds. The van der Waals surface area contributed by atoms with Crippen molar-refractivity contribution >= 4 is 6.29 Å². The van der Waals surface area contributed by atoms with Gasteiger partial charge in [-0.15, -0.1) is 0 Å². The second-order valence-electron chi connectivity index (χ2n) is 6.97. The Morgan fingerprint density at radius 1 is 0.455 bits per heavy atom. The fourth-order valence-electron chi connectivity index (χ4n) is 3.13. The van der Waals surface area contributed by atoms with E-state index in [1.165, 1.54) is 109 Å². The van der Waals surface area contributed by atoms with Crippen LogP contribution in [0.1, 0.15) is 129 Å². The quantitative estimate of drug-likeness (QED) is 0.177. The van der Waals surface area contributed by atoms with Crippen molar-refractivity contribution in [2.75, 3.05) is 0 Å². The third-order valence-electron chi connectivity index (χ3n) is 4.68. The highest BCUT2D eigenvalue weighted by Gasteiger charge is 1.94. The summed E-state index contributed by atoms with van der Waals surface area (Å²) in [5.74, 6) is 0. The first-order chi connectivity index (χ1) is 10.9. The van der Waals surface area contributed by atoms with Crippen molar-refractivity contribution in [1.29, 1.82) is 0 Å². The zero-order valence-corrected chi connectivity index (χ0v) is 15.4. The molecule has 0 aliphatic heterocycles. The summed E-state index contributed by atoms with van der Waals surface area (Å²) in [4.78, 5) is 10.2. The summed E-state index contributed by atoms with van der Waals surface area (Å²) >= 11 is 0. The molecule has 0 bridgehead atoms. The maximum atomic E-state index is 10.2. The average Bonchev–Trinajstić information content (AvgIpc) is 2.54. The van der Waals surface area contributed by atoms with Crippen molar-refractivity contribution in [3.8, 4) is 0 Å². The van der Waals surface area contributed by atoms with Crippen LogP contribution in [-0.4, -0.2) is 6.29 Å². The molecule has 1 heteroatoms. The van der Waals surface area contributed by atoms with E-state index < -0.39 is 0 Å². The summed E-state index contributed by atoms with van der Waals surface area (Å²) < 4.78 is 0. The molecule has 1 nitrogen and oxygen atoms in total. The zero-order chi connectivity index (χ0) is 16.1. The highest BCUT2D eigenvalue weighted by atomic mass is 16.1. The van der Waals surface area contributed by atoms with E-state index in [0.717, 1.165) is 19.1 Å². The van der Waals surface area contributed by atoms with Crippen molar-refractivity contribution in [2.24, 2.45) is 0 Å². The summed E-state index contributed by atoms with van der Waals surface area (Å²) in [6.45, 7) is 2.29. The molecule has 0 fully saturated rings. The Kier molecular flexibility index (Phi) is 20.4. The van der Waals surface area contributed by atoms with Crippen LogP contribution in [0, 0.1) is 0 Å². The summed E-state index contributed by atoms with van der Waals surface area (Å²) in [7, 11) is 0. The van der Waals surface area contributed by atoms with Crippen LogP contribution in [0.2, 0.25) is 0 Å². The highest BCUT2D eigenvalue weighted by molar-refractivity contribution is 5.48. The van der Waals surface area contributed by atoms with E-state index in [4.69, 9.17) is 0 Å². The van der Waals surface area contributed by atoms with Gasteiger partial charge in [-0.2, -0.15) is 0 Å². The number of hydrogen-bond donors (Lipinski definition) is 0. The molecule has 0 aromatic heterocycles. The topological polar surface area (TPSA) is 17.1 Å². The normalized spacial score (nSPS) is 11.0. The van der Waals surface area contributed by atoms with E-state index in [1.54, 1.807) is 0 Å². The molecule has 0 spiro atoms. The van der Waals surface area contributed by atoms with Crippen LogP contribution >= 0.6 is 0 Å². The SMILES string of the molecule is CCCCCCCCCCCCCCCCCCCCC=O. The van der Waals surface area contributed by atoms with Gasteiger partial charge in [0.25, 0.3) is 0 Å². The Morgan fingerprint density at radius 2 is 0.727 bits per heavy atom. The van der Waals surface area contributed by atoms with Gasteiger partial charge in [0.15, 0.2) is 0 Å². The van der Waals surface area contributed by atoms with E-state index >= 15 is 0 Å². The maximum absolute atomic E-state index is 10.2. The van der Waals surface area contributed by atoms with Crippen LogP contribution < -0.4 is 0 Å². The van der Waals surface area contributed by atoms with Gasteiger partial charge < -0.3 is 4.79 Å². The first-order valence-corrected chi connectivity index (χ1v) is 10.4. The Balaban J connectivity index is 2.92. The van der Waals surface area contributed by atoms with Crippen molar-refractivity contribution < 1.29 is 4.79 Å². The molecule has 0 aliphatic carbocycles. The molecule has 0 saturated carbocycles. The average molecular weight is 311 g/mol. The van der Waals surface area contributed by atoms with Crippen LogP contribution in [0.5, 0.6) is 0 Å². The van der Waals surface area contributed by atoms with E-state index in [-0.39, 0.29) is 0 Å². The Bertz CT molecular complexity index is 200. The predicted octanol–water partition coefficient (Wildman–Crippen LogP) is 7.62. The maximum Gasteiger partial charge on any atom is 0.119 e. The van der Waals surface area contributed by atoms with Gasteiger partial charge in [0.05, 0.1) is 0 Å². The number of unbranched alkanes of at least 4 members (excludes halogenated alkanes) is 18. The van der Waals surface area contributed by atoms with Gasteiger partial charge in [-0.1, -0.05) is 116 Å². The molecule has 0 unspecified atom stereocenters. The summed E-state index contributed by atoms with van der Waals surface area (Å²) in [6, 6.07) is 0. The lowest BCUT2D eigenvalue weighted by molar-refractivity contribution is -0.107. The van der Waals surface area contributed by atoms with Crippen molar-refractivity contribution in [2.45, 2.75) is 129 Å². The third kappa shape index (κ3) is 19.7. The second kappa shape index (κ2) is 20.7. The van der Waals surface area contributed by atoms with E-state index in [0.29, 0.717) is 0 Å². The predicted molar refractivity (Wildman–Crippen MR) is 99.5 cm³/mol. The van der Waals surface area contributed by atoms with Gasteiger partial charge in [-0.25, -0.2) is 0 Å². The number of hydrogen-bond acceptors (Lipinski definition) is 1. The van der Waals surface area contributed by atoms with E-state index in [1.807, 2.05) is 0 Å². The third-order valence-corrected chi connectivity index (χ3v) is 4.68. The fourth-order valence-corrected chi connectivity index (χ4v) is 3.13. The van der Waals surface area contributed by atoms with Crippen LogP contribution in [0.15, 0.2) is 0 Å². The summed E-state index contributed by atoms with van der Waals surface area (Å²) in [5.41, 5.74) is 0. The number of aldehydes is 1. The van der Waals surface area contributed by atoms with Gasteiger partial charge in [0, 0.05) is 6.42 Å². The minimum Gasteiger partial charge on any atom is -0.303 e. The molecule has 0 radical (unpaired) electrons. The highest BCUT2D eigenvalue weighted by Crippen LogP contribution is 2.14. The summed E-state index contributed by atoms with van der Waals surface area (Å²) in [6.07, 6.45) is 27.0. The Labute approximate surface area is 140 Å². The lowest BCUT2D eigenvalue weighted by Gasteiger charge is -2.03. The molecule has 0 heterocycles. The van der Waals surface area contributed by atoms with Gasteiger partial charge in [-0.3, -0.25) is 0 Å². The fraction of sp³-hybridized carbons (Fsp3) is 0.952. The second-order valence-corrected chi connectivity index (χ2v) is 6.97. The molecular weight excluding hydrogens is 268 g/mol. The molecule has 132 valence electrons. The largest absolute Gasteiger partial charge is 0.303 e. The van der Waals surface area contributed by atoms with Crippen LogP contribution in [0.4, 0.5) is 0 Å². The Hall–Kier alpha value is -0.330. The van der Waals surface area contributed by atoms with E-state index in [2.05, 4.69) is 6.92 Å². The van der Waals surface area contributed by atoms with Crippen LogP contribution in [-0.2, 0) is 4.79 Å². The minimum absolute atomic E-state index is 0.763. The minimum atomic E-state index is 0.763. The molecule has 0 atom stereocenters. The lowest BCUT2D eigenvalue weighted by atomic mass is 10.0. The number of carbonyl (C=O) groups is 1. The van der Waals surface area contributed by atoms with Crippen molar-refractivity contribution in [3.63, 3.8) is 0 Å². The molecule has 0 aliphatic rings. The van der Waals surface area contributed by atoms with Crippen molar-refractivity contribution in [1.82, 2.24) is 0 Å². The monoisotopic (exact) mass is 310 g/mol. The lowest BCUT2D eigenvalue weighted by Crippen LogP contribution is -1.84. The first kappa shape index (κ1) is 21.7. The van der Waals surface area contributed by atoms with Gasteiger partial charge >= 0.3 is 0 Å².